The molecule has 0 heterocycles. The lowest BCUT2D eigenvalue weighted by Crippen LogP contribution is -2.38. The van der Waals surface area contributed by atoms with Crippen molar-refractivity contribution in [1.82, 2.24) is 16.0 Å². The maximum Gasteiger partial charge on any atom is 0.251 e. The van der Waals surface area contributed by atoms with Crippen LogP contribution in [0.5, 0.6) is 0 Å². The molecular formula is C21H28N4OS. The monoisotopic (exact) mass is 384 g/mol. The number of aliphatic imine (C=N–C) groups is 1. The van der Waals surface area contributed by atoms with E-state index in [1.165, 1.54) is 4.90 Å². The average Bonchev–Trinajstić information content (AvgIpc) is 2.72. The Labute approximate surface area is 166 Å². The molecule has 5 nitrogen and oxygen atoms in total. The molecule has 0 fully saturated rings. The van der Waals surface area contributed by atoms with Crippen LogP contribution < -0.4 is 16.0 Å². The summed E-state index contributed by atoms with van der Waals surface area (Å²) in [5, 5.41) is 9.31. The molecule has 0 aliphatic heterocycles. The van der Waals surface area contributed by atoms with E-state index >= 15 is 0 Å². The molecule has 1 amide bonds. The fraction of sp³-hybridized carbons (Fsp3) is 0.333. The SMILES string of the molecule is CN=C(NCCCSc1ccccc1)NCCc1cccc(C(=O)NC)c1. The summed E-state index contributed by atoms with van der Waals surface area (Å²) in [5.74, 6) is 1.82. The molecule has 0 saturated carbocycles. The van der Waals surface area contributed by atoms with Crippen LogP contribution in [0.3, 0.4) is 0 Å². The molecule has 2 rings (SSSR count). The molecule has 3 N–H and O–H groups in total. The van der Waals surface area contributed by atoms with E-state index in [-0.39, 0.29) is 5.91 Å². The lowest BCUT2D eigenvalue weighted by atomic mass is 10.1. The highest BCUT2D eigenvalue weighted by atomic mass is 32.2. The van der Waals surface area contributed by atoms with E-state index in [1.54, 1.807) is 14.1 Å². The van der Waals surface area contributed by atoms with Crippen molar-refractivity contribution in [3.8, 4) is 0 Å². The Morgan fingerprint density at radius 3 is 2.56 bits per heavy atom. The van der Waals surface area contributed by atoms with Gasteiger partial charge in [0.2, 0.25) is 0 Å². The highest BCUT2D eigenvalue weighted by Crippen LogP contribution is 2.17. The Bertz CT molecular complexity index is 734. The number of benzene rings is 2. The zero-order valence-corrected chi connectivity index (χ0v) is 16.8. The summed E-state index contributed by atoms with van der Waals surface area (Å²) >= 11 is 1.87. The fourth-order valence-corrected chi connectivity index (χ4v) is 3.42. The zero-order valence-electron chi connectivity index (χ0n) is 16.0. The minimum atomic E-state index is -0.0596. The maximum absolute atomic E-state index is 11.7. The van der Waals surface area contributed by atoms with Crippen LogP contribution in [0.15, 0.2) is 64.5 Å². The van der Waals surface area contributed by atoms with Gasteiger partial charge in [-0.1, -0.05) is 30.3 Å². The van der Waals surface area contributed by atoms with Crippen molar-refractivity contribution in [1.29, 1.82) is 0 Å². The smallest absolute Gasteiger partial charge is 0.251 e. The number of hydrogen-bond acceptors (Lipinski definition) is 3. The predicted molar refractivity (Wildman–Crippen MR) is 115 cm³/mol. The molecule has 2 aromatic carbocycles. The number of hydrogen-bond donors (Lipinski definition) is 3. The molecule has 0 aromatic heterocycles. The lowest BCUT2D eigenvalue weighted by Gasteiger charge is -2.12. The molecule has 144 valence electrons. The Morgan fingerprint density at radius 2 is 1.81 bits per heavy atom. The van der Waals surface area contributed by atoms with Gasteiger partial charge in [-0.25, -0.2) is 0 Å². The standard InChI is InChI=1S/C21H28N4OS/c1-22-20(26)18-9-6-8-17(16-18)12-14-25-21(23-2)24-13-7-15-27-19-10-4-3-5-11-19/h3-6,8-11,16H,7,12-15H2,1-2H3,(H,22,26)(H2,23,24,25). The van der Waals surface area contributed by atoms with Gasteiger partial charge in [-0.2, -0.15) is 0 Å². The van der Waals surface area contributed by atoms with Gasteiger partial charge in [0, 0.05) is 37.6 Å². The summed E-state index contributed by atoms with van der Waals surface area (Å²) in [4.78, 5) is 17.3. The first-order valence-electron chi connectivity index (χ1n) is 9.16. The second kappa shape index (κ2) is 12.0. The number of nitrogens with zero attached hydrogens (tertiary/aromatic N) is 1. The summed E-state index contributed by atoms with van der Waals surface area (Å²) in [5.41, 5.74) is 1.81. The van der Waals surface area contributed by atoms with Crippen LogP contribution in [0, 0.1) is 0 Å². The van der Waals surface area contributed by atoms with E-state index in [0.29, 0.717) is 5.56 Å². The van der Waals surface area contributed by atoms with E-state index in [2.05, 4.69) is 45.2 Å². The molecule has 0 aliphatic rings. The number of carbonyl (C=O) groups excluding carboxylic acids is 1. The maximum atomic E-state index is 11.7. The molecule has 0 atom stereocenters. The second-order valence-corrected chi connectivity index (χ2v) is 7.14. The first kappa shape index (κ1) is 20.8. The molecule has 27 heavy (non-hydrogen) atoms. The van der Waals surface area contributed by atoms with Gasteiger partial charge in [0.25, 0.3) is 5.91 Å². The van der Waals surface area contributed by atoms with Gasteiger partial charge in [0.15, 0.2) is 5.96 Å². The van der Waals surface area contributed by atoms with Crippen molar-refractivity contribution in [2.45, 2.75) is 17.7 Å². The van der Waals surface area contributed by atoms with Crippen molar-refractivity contribution in [2.75, 3.05) is 32.9 Å². The molecular weight excluding hydrogens is 356 g/mol. The number of nitrogens with one attached hydrogen (secondary N) is 3. The second-order valence-electron chi connectivity index (χ2n) is 5.97. The van der Waals surface area contributed by atoms with Gasteiger partial charge >= 0.3 is 0 Å². The summed E-state index contributed by atoms with van der Waals surface area (Å²) in [7, 11) is 3.42. The zero-order chi connectivity index (χ0) is 19.3. The molecule has 0 bridgehead atoms. The third kappa shape index (κ3) is 7.74. The minimum absolute atomic E-state index is 0.0596. The van der Waals surface area contributed by atoms with Crippen molar-refractivity contribution < 1.29 is 4.79 Å². The van der Waals surface area contributed by atoms with Gasteiger partial charge in [-0.15, -0.1) is 11.8 Å². The quantitative estimate of drug-likeness (QED) is 0.269. The van der Waals surface area contributed by atoms with Crippen molar-refractivity contribution in [2.24, 2.45) is 4.99 Å². The summed E-state index contributed by atoms with van der Waals surface area (Å²) < 4.78 is 0. The number of carbonyl (C=O) groups is 1. The number of thioether (sulfide) groups is 1. The predicted octanol–water partition coefficient (Wildman–Crippen LogP) is 2.94. The number of rotatable bonds is 9. The fourth-order valence-electron chi connectivity index (χ4n) is 2.54. The molecule has 0 aliphatic carbocycles. The van der Waals surface area contributed by atoms with Crippen LogP contribution in [0.4, 0.5) is 0 Å². The van der Waals surface area contributed by atoms with Gasteiger partial charge in [-0.3, -0.25) is 9.79 Å². The van der Waals surface area contributed by atoms with Gasteiger partial charge < -0.3 is 16.0 Å². The van der Waals surface area contributed by atoms with E-state index in [1.807, 2.05) is 42.1 Å². The van der Waals surface area contributed by atoms with Crippen molar-refractivity contribution >= 4 is 23.6 Å². The van der Waals surface area contributed by atoms with Crippen LogP contribution >= 0.6 is 11.8 Å². The van der Waals surface area contributed by atoms with Crippen LogP contribution in [0.25, 0.3) is 0 Å². The molecule has 0 unspecified atom stereocenters. The molecule has 6 heteroatoms. The summed E-state index contributed by atoms with van der Waals surface area (Å²) in [6.07, 6.45) is 1.89. The highest BCUT2D eigenvalue weighted by Gasteiger charge is 2.04. The van der Waals surface area contributed by atoms with Crippen LogP contribution in [0.2, 0.25) is 0 Å². The molecule has 0 radical (unpaired) electrons. The Balaban J connectivity index is 1.65. The van der Waals surface area contributed by atoms with E-state index in [9.17, 15) is 4.79 Å². The first-order chi connectivity index (χ1) is 13.2. The number of guanidine groups is 1. The first-order valence-corrected chi connectivity index (χ1v) is 10.1. The van der Waals surface area contributed by atoms with Gasteiger partial charge in [0.1, 0.15) is 0 Å². The molecule has 2 aromatic rings. The van der Waals surface area contributed by atoms with E-state index in [4.69, 9.17) is 0 Å². The third-order valence-corrected chi connectivity index (χ3v) is 5.07. The van der Waals surface area contributed by atoms with Crippen LogP contribution in [0.1, 0.15) is 22.3 Å². The number of amides is 1. The van der Waals surface area contributed by atoms with Crippen LogP contribution in [-0.2, 0) is 6.42 Å². The van der Waals surface area contributed by atoms with E-state index in [0.717, 1.165) is 43.2 Å². The van der Waals surface area contributed by atoms with Crippen molar-refractivity contribution in [3.05, 3.63) is 65.7 Å². The Hall–Kier alpha value is -2.47. The normalized spacial score (nSPS) is 11.1. The minimum Gasteiger partial charge on any atom is -0.356 e. The topological polar surface area (TPSA) is 65.5 Å². The lowest BCUT2D eigenvalue weighted by molar-refractivity contribution is 0.0963. The van der Waals surface area contributed by atoms with Gasteiger partial charge in [-0.05, 0) is 48.4 Å². The van der Waals surface area contributed by atoms with Crippen LogP contribution in [-0.4, -0.2) is 44.8 Å². The largest absolute Gasteiger partial charge is 0.356 e. The van der Waals surface area contributed by atoms with E-state index < -0.39 is 0 Å². The van der Waals surface area contributed by atoms with Crippen molar-refractivity contribution in [3.63, 3.8) is 0 Å². The average molecular weight is 385 g/mol. The summed E-state index contributed by atoms with van der Waals surface area (Å²) in [6.45, 7) is 1.64. The highest BCUT2D eigenvalue weighted by molar-refractivity contribution is 7.99. The summed E-state index contributed by atoms with van der Waals surface area (Å²) in [6, 6.07) is 18.1. The third-order valence-electron chi connectivity index (χ3n) is 3.97. The molecule has 0 spiro atoms. The Morgan fingerprint density at radius 1 is 1.04 bits per heavy atom. The Kier molecular flexibility index (Phi) is 9.27. The van der Waals surface area contributed by atoms with Gasteiger partial charge in [0.05, 0.1) is 0 Å². The molecule has 0 saturated heterocycles.